The Morgan fingerprint density at radius 3 is 2.41 bits per heavy atom. The molecule has 0 aliphatic rings. The van der Waals surface area contributed by atoms with Gasteiger partial charge >= 0.3 is 0 Å². The molecule has 0 aromatic heterocycles. The Kier molecular flexibility index (Phi) is 6.44. The van der Waals surface area contributed by atoms with E-state index in [-0.39, 0.29) is 35.5 Å². The van der Waals surface area contributed by atoms with Crippen molar-refractivity contribution < 1.29 is 18.1 Å². The fourth-order valence-electron chi connectivity index (χ4n) is 1.58. The lowest BCUT2D eigenvalue weighted by Gasteiger charge is -2.11. The zero-order chi connectivity index (χ0) is 16.8. The summed E-state index contributed by atoms with van der Waals surface area (Å²) < 4.78 is 26.2. The van der Waals surface area contributed by atoms with Gasteiger partial charge < -0.3 is 5.32 Å². The maximum atomic E-state index is 12.0. The molecule has 0 heterocycles. The molecule has 1 rings (SSSR count). The number of benzene rings is 1. The molecule has 9 heteroatoms. The molecule has 0 saturated carbocycles. The van der Waals surface area contributed by atoms with E-state index in [1.807, 2.05) is 13.8 Å². The SMILES string of the molecule is CCC(C)NC(=O)CCNS(=O)(=O)c1ccc([N+](=O)[O-])cc1. The minimum atomic E-state index is -3.79. The second kappa shape index (κ2) is 7.85. The third-order valence-electron chi connectivity index (χ3n) is 3.02. The highest BCUT2D eigenvalue weighted by molar-refractivity contribution is 7.89. The molecule has 0 aliphatic carbocycles. The van der Waals surface area contributed by atoms with Crippen molar-refractivity contribution in [2.45, 2.75) is 37.6 Å². The zero-order valence-corrected chi connectivity index (χ0v) is 13.2. The van der Waals surface area contributed by atoms with Crippen LogP contribution >= 0.6 is 0 Å². The fourth-order valence-corrected chi connectivity index (χ4v) is 2.61. The van der Waals surface area contributed by atoms with E-state index in [0.29, 0.717) is 0 Å². The van der Waals surface area contributed by atoms with Gasteiger partial charge in [-0.1, -0.05) is 6.92 Å². The van der Waals surface area contributed by atoms with E-state index in [1.54, 1.807) is 0 Å². The first-order valence-corrected chi connectivity index (χ1v) is 8.28. The van der Waals surface area contributed by atoms with Gasteiger partial charge in [-0.15, -0.1) is 0 Å². The van der Waals surface area contributed by atoms with Crippen LogP contribution in [-0.2, 0) is 14.8 Å². The summed E-state index contributed by atoms with van der Waals surface area (Å²) in [6.45, 7) is 3.75. The number of nitrogens with one attached hydrogen (secondary N) is 2. The molecule has 1 aromatic carbocycles. The number of sulfonamides is 1. The molecule has 0 fully saturated rings. The summed E-state index contributed by atoms with van der Waals surface area (Å²) >= 11 is 0. The number of nitro groups is 1. The molecule has 1 amide bonds. The predicted molar refractivity (Wildman–Crippen MR) is 80.8 cm³/mol. The monoisotopic (exact) mass is 329 g/mol. The largest absolute Gasteiger partial charge is 0.354 e. The van der Waals surface area contributed by atoms with E-state index >= 15 is 0 Å². The predicted octanol–water partition coefficient (Wildman–Crippen LogP) is 1.18. The van der Waals surface area contributed by atoms with Gasteiger partial charge in [0.1, 0.15) is 0 Å². The molecule has 122 valence electrons. The van der Waals surface area contributed by atoms with E-state index in [1.165, 1.54) is 0 Å². The third-order valence-corrected chi connectivity index (χ3v) is 4.50. The molecule has 0 aliphatic heterocycles. The molecule has 0 saturated heterocycles. The van der Waals surface area contributed by atoms with Gasteiger partial charge in [0.2, 0.25) is 15.9 Å². The Bertz CT molecular complexity index is 628. The summed E-state index contributed by atoms with van der Waals surface area (Å²) in [6.07, 6.45) is 0.816. The van der Waals surface area contributed by atoms with Crippen molar-refractivity contribution in [3.05, 3.63) is 34.4 Å². The average molecular weight is 329 g/mol. The lowest BCUT2D eigenvalue weighted by atomic mass is 10.2. The summed E-state index contributed by atoms with van der Waals surface area (Å²) in [4.78, 5) is 21.4. The first-order valence-electron chi connectivity index (χ1n) is 6.79. The number of rotatable bonds is 8. The van der Waals surface area contributed by atoms with E-state index in [9.17, 15) is 23.3 Å². The number of nitro benzene ring substituents is 1. The van der Waals surface area contributed by atoms with Crippen LogP contribution in [0.4, 0.5) is 5.69 Å². The molecule has 1 unspecified atom stereocenters. The van der Waals surface area contributed by atoms with Gasteiger partial charge in [0.05, 0.1) is 9.82 Å². The van der Waals surface area contributed by atoms with Crippen LogP contribution < -0.4 is 10.0 Å². The molecule has 0 radical (unpaired) electrons. The van der Waals surface area contributed by atoms with Crippen molar-refractivity contribution in [2.24, 2.45) is 0 Å². The zero-order valence-electron chi connectivity index (χ0n) is 12.4. The maximum absolute atomic E-state index is 12.0. The molecule has 0 spiro atoms. The number of hydrogen-bond acceptors (Lipinski definition) is 5. The van der Waals surface area contributed by atoms with Crippen LogP contribution in [0.2, 0.25) is 0 Å². The van der Waals surface area contributed by atoms with E-state index in [0.717, 1.165) is 30.7 Å². The average Bonchev–Trinajstić information content (AvgIpc) is 2.46. The lowest BCUT2D eigenvalue weighted by molar-refractivity contribution is -0.384. The standard InChI is InChI=1S/C13H19N3O5S/c1-3-10(2)15-13(17)8-9-14-22(20,21)12-6-4-11(5-7-12)16(18)19/h4-7,10,14H,3,8-9H2,1-2H3,(H,15,17). The highest BCUT2D eigenvalue weighted by atomic mass is 32.2. The molecule has 8 nitrogen and oxygen atoms in total. The third kappa shape index (κ3) is 5.41. The van der Waals surface area contributed by atoms with Crippen LogP contribution in [-0.4, -0.2) is 31.8 Å². The second-order valence-corrected chi connectivity index (χ2v) is 6.54. The van der Waals surface area contributed by atoms with Crippen molar-refractivity contribution in [3.8, 4) is 0 Å². The number of non-ortho nitro benzene ring substituents is 1. The summed E-state index contributed by atoms with van der Waals surface area (Å²) in [5.74, 6) is -0.235. The lowest BCUT2D eigenvalue weighted by Crippen LogP contribution is -2.35. The van der Waals surface area contributed by atoms with Crippen LogP contribution in [0.1, 0.15) is 26.7 Å². The molecule has 1 atom stereocenters. The Balaban J connectivity index is 2.57. The fraction of sp³-hybridized carbons (Fsp3) is 0.462. The van der Waals surface area contributed by atoms with Crippen molar-refractivity contribution in [2.75, 3.05) is 6.54 Å². The highest BCUT2D eigenvalue weighted by Gasteiger charge is 2.16. The second-order valence-electron chi connectivity index (χ2n) is 4.78. The Morgan fingerprint density at radius 2 is 1.91 bits per heavy atom. The Morgan fingerprint density at radius 1 is 1.32 bits per heavy atom. The van der Waals surface area contributed by atoms with E-state index in [2.05, 4.69) is 10.0 Å². The topological polar surface area (TPSA) is 118 Å². The number of carbonyl (C=O) groups is 1. The van der Waals surface area contributed by atoms with Gasteiger partial charge in [-0.3, -0.25) is 14.9 Å². The van der Waals surface area contributed by atoms with Crippen LogP contribution in [0.25, 0.3) is 0 Å². The molecule has 2 N–H and O–H groups in total. The summed E-state index contributed by atoms with van der Waals surface area (Å²) in [7, 11) is -3.79. The summed E-state index contributed by atoms with van der Waals surface area (Å²) in [6, 6.07) is 4.58. The maximum Gasteiger partial charge on any atom is 0.269 e. The molecule has 0 bridgehead atoms. The first-order chi connectivity index (χ1) is 10.3. The van der Waals surface area contributed by atoms with Gasteiger partial charge in [0, 0.05) is 31.1 Å². The van der Waals surface area contributed by atoms with Gasteiger partial charge in [-0.2, -0.15) is 0 Å². The first kappa shape index (κ1) is 18.1. The summed E-state index contributed by atoms with van der Waals surface area (Å²) in [5.41, 5.74) is -0.188. The normalized spacial score (nSPS) is 12.6. The number of hydrogen-bond donors (Lipinski definition) is 2. The van der Waals surface area contributed by atoms with Gasteiger partial charge in [-0.05, 0) is 25.5 Å². The smallest absolute Gasteiger partial charge is 0.269 e. The highest BCUT2D eigenvalue weighted by Crippen LogP contribution is 2.15. The quantitative estimate of drug-likeness (QED) is 0.548. The molecule has 1 aromatic rings. The van der Waals surface area contributed by atoms with Crippen molar-refractivity contribution >= 4 is 21.6 Å². The minimum absolute atomic E-state index is 0.0244. The summed E-state index contributed by atoms with van der Waals surface area (Å²) in [5, 5.41) is 13.2. The van der Waals surface area contributed by atoms with Crippen LogP contribution in [0.3, 0.4) is 0 Å². The van der Waals surface area contributed by atoms with Crippen LogP contribution in [0, 0.1) is 10.1 Å². The van der Waals surface area contributed by atoms with Gasteiger partial charge in [0.15, 0.2) is 0 Å². The van der Waals surface area contributed by atoms with Gasteiger partial charge in [-0.25, -0.2) is 13.1 Å². The molecular weight excluding hydrogens is 310 g/mol. The van der Waals surface area contributed by atoms with Gasteiger partial charge in [0.25, 0.3) is 5.69 Å². The Labute approximate surface area is 129 Å². The number of nitrogens with zero attached hydrogens (tertiary/aromatic N) is 1. The number of amides is 1. The molecular formula is C13H19N3O5S. The van der Waals surface area contributed by atoms with Crippen molar-refractivity contribution in [1.82, 2.24) is 10.0 Å². The van der Waals surface area contributed by atoms with E-state index in [4.69, 9.17) is 0 Å². The Hall–Kier alpha value is -2.00. The van der Waals surface area contributed by atoms with Crippen molar-refractivity contribution in [3.63, 3.8) is 0 Å². The van der Waals surface area contributed by atoms with E-state index < -0.39 is 14.9 Å². The van der Waals surface area contributed by atoms with Crippen LogP contribution in [0.15, 0.2) is 29.2 Å². The van der Waals surface area contributed by atoms with Crippen molar-refractivity contribution in [1.29, 1.82) is 0 Å². The van der Waals surface area contributed by atoms with Crippen LogP contribution in [0.5, 0.6) is 0 Å². The number of carbonyl (C=O) groups excluding carboxylic acids is 1. The minimum Gasteiger partial charge on any atom is -0.354 e. The molecule has 22 heavy (non-hydrogen) atoms.